The standard InChI is InChI=1S/C21H15BrO4S/c1-25-14-8-10-17(19(23)11-9-15-5-4-12-27-15)20(13-14)26-21(24)16-6-2-3-7-18(16)22/h2-13H,1H3. The van der Waals surface area contributed by atoms with Gasteiger partial charge >= 0.3 is 5.97 Å². The molecule has 2 aromatic carbocycles. The molecule has 0 aliphatic rings. The summed E-state index contributed by atoms with van der Waals surface area (Å²) in [7, 11) is 1.51. The van der Waals surface area contributed by atoms with E-state index in [1.807, 2.05) is 17.5 Å². The van der Waals surface area contributed by atoms with Crippen molar-refractivity contribution in [1.82, 2.24) is 0 Å². The molecule has 27 heavy (non-hydrogen) atoms. The molecule has 0 amide bonds. The van der Waals surface area contributed by atoms with Crippen LogP contribution in [-0.4, -0.2) is 18.9 Å². The minimum atomic E-state index is -0.563. The number of halogens is 1. The summed E-state index contributed by atoms with van der Waals surface area (Å²) in [5.74, 6) is -0.187. The van der Waals surface area contributed by atoms with Crippen LogP contribution in [0.5, 0.6) is 11.5 Å². The van der Waals surface area contributed by atoms with Crippen LogP contribution in [0.15, 0.2) is 70.5 Å². The molecule has 0 aliphatic carbocycles. The van der Waals surface area contributed by atoms with Crippen LogP contribution < -0.4 is 9.47 Å². The molecule has 0 aliphatic heterocycles. The summed E-state index contributed by atoms with van der Waals surface area (Å²) in [5.41, 5.74) is 0.650. The summed E-state index contributed by atoms with van der Waals surface area (Å²) in [4.78, 5) is 26.1. The number of carbonyl (C=O) groups is 2. The van der Waals surface area contributed by atoms with Gasteiger partial charge in [0.2, 0.25) is 0 Å². The third-order valence-corrected chi connectivity index (χ3v) is 5.22. The summed E-state index contributed by atoms with van der Waals surface area (Å²) in [5, 5.41) is 1.93. The molecule has 0 atom stereocenters. The monoisotopic (exact) mass is 442 g/mol. The topological polar surface area (TPSA) is 52.6 Å². The number of methoxy groups -OCH3 is 1. The third kappa shape index (κ3) is 4.72. The Balaban J connectivity index is 1.90. The number of benzene rings is 2. The highest BCUT2D eigenvalue weighted by Gasteiger charge is 2.18. The molecule has 0 spiro atoms. The first-order valence-corrected chi connectivity index (χ1v) is 9.66. The summed E-state index contributed by atoms with van der Waals surface area (Å²) in [6, 6.07) is 15.5. The lowest BCUT2D eigenvalue weighted by Crippen LogP contribution is -2.12. The number of hydrogen-bond donors (Lipinski definition) is 0. The Morgan fingerprint density at radius 1 is 1.04 bits per heavy atom. The van der Waals surface area contributed by atoms with E-state index in [-0.39, 0.29) is 17.1 Å². The van der Waals surface area contributed by atoms with Crippen molar-refractivity contribution in [2.24, 2.45) is 0 Å². The van der Waals surface area contributed by atoms with E-state index in [1.165, 1.54) is 30.6 Å². The number of esters is 1. The van der Waals surface area contributed by atoms with Crippen molar-refractivity contribution in [3.63, 3.8) is 0 Å². The Hall–Kier alpha value is -2.70. The van der Waals surface area contributed by atoms with Gasteiger partial charge in [0, 0.05) is 15.4 Å². The normalized spacial score (nSPS) is 10.7. The molecule has 0 saturated heterocycles. The SMILES string of the molecule is COc1ccc(C(=O)C=Cc2cccs2)c(OC(=O)c2ccccc2Br)c1. The number of thiophene rings is 1. The Kier molecular flexibility index (Phi) is 6.21. The molecule has 0 bridgehead atoms. The van der Waals surface area contributed by atoms with Gasteiger partial charge in [-0.3, -0.25) is 4.79 Å². The third-order valence-electron chi connectivity index (χ3n) is 3.69. The average molecular weight is 443 g/mol. The molecule has 6 heteroatoms. The number of carbonyl (C=O) groups excluding carboxylic acids is 2. The maximum atomic E-state index is 12.6. The molecular weight excluding hydrogens is 428 g/mol. The molecule has 1 heterocycles. The summed E-state index contributed by atoms with van der Waals surface area (Å²) in [6.07, 6.45) is 3.19. The molecule has 3 rings (SSSR count). The van der Waals surface area contributed by atoms with Crippen LogP contribution in [0.1, 0.15) is 25.6 Å². The molecule has 0 radical (unpaired) electrons. The van der Waals surface area contributed by atoms with Gasteiger partial charge in [0.1, 0.15) is 11.5 Å². The minimum absolute atomic E-state index is 0.149. The van der Waals surface area contributed by atoms with Gasteiger partial charge in [0.05, 0.1) is 18.2 Å². The number of ether oxygens (including phenoxy) is 2. The van der Waals surface area contributed by atoms with E-state index < -0.39 is 5.97 Å². The fourth-order valence-corrected chi connectivity index (χ4v) is 3.40. The van der Waals surface area contributed by atoms with Crippen molar-refractivity contribution in [2.45, 2.75) is 0 Å². The van der Waals surface area contributed by atoms with Crippen molar-refractivity contribution in [2.75, 3.05) is 7.11 Å². The second kappa shape index (κ2) is 8.79. The smallest absolute Gasteiger partial charge is 0.344 e. The number of hydrogen-bond acceptors (Lipinski definition) is 5. The predicted molar refractivity (Wildman–Crippen MR) is 110 cm³/mol. The van der Waals surface area contributed by atoms with Crippen LogP contribution in [0.2, 0.25) is 0 Å². The Morgan fingerprint density at radius 3 is 2.56 bits per heavy atom. The van der Waals surface area contributed by atoms with Gasteiger partial charge < -0.3 is 9.47 Å². The van der Waals surface area contributed by atoms with E-state index in [0.29, 0.717) is 15.8 Å². The number of ketones is 1. The number of allylic oxidation sites excluding steroid dienone is 1. The van der Waals surface area contributed by atoms with Crippen molar-refractivity contribution in [3.8, 4) is 11.5 Å². The molecule has 0 fully saturated rings. The zero-order valence-electron chi connectivity index (χ0n) is 14.3. The van der Waals surface area contributed by atoms with Gasteiger partial charge in [-0.25, -0.2) is 4.79 Å². The quantitative estimate of drug-likeness (QED) is 0.214. The average Bonchev–Trinajstić information content (AvgIpc) is 3.20. The van der Waals surface area contributed by atoms with Gasteiger partial charge in [-0.1, -0.05) is 18.2 Å². The first-order valence-electron chi connectivity index (χ1n) is 7.99. The van der Waals surface area contributed by atoms with Crippen molar-refractivity contribution >= 4 is 45.1 Å². The fraction of sp³-hybridized carbons (Fsp3) is 0.0476. The molecule has 136 valence electrons. The highest BCUT2D eigenvalue weighted by atomic mass is 79.9. The van der Waals surface area contributed by atoms with E-state index in [4.69, 9.17) is 9.47 Å². The molecule has 1 aromatic heterocycles. The summed E-state index contributed by atoms with van der Waals surface area (Å²) >= 11 is 4.86. The Labute approximate surface area is 169 Å². The van der Waals surface area contributed by atoms with Crippen molar-refractivity contribution < 1.29 is 19.1 Å². The lowest BCUT2D eigenvalue weighted by atomic mass is 10.1. The maximum absolute atomic E-state index is 12.6. The van der Waals surface area contributed by atoms with E-state index in [9.17, 15) is 9.59 Å². The zero-order valence-corrected chi connectivity index (χ0v) is 16.7. The number of rotatable bonds is 6. The van der Waals surface area contributed by atoms with Crippen LogP contribution in [0.4, 0.5) is 0 Å². The van der Waals surface area contributed by atoms with E-state index in [1.54, 1.807) is 42.5 Å². The molecule has 0 saturated carbocycles. The van der Waals surface area contributed by atoms with E-state index in [0.717, 1.165) is 4.88 Å². The minimum Gasteiger partial charge on any atom is -0.497 e. The molecule has 3 aromatic rings. The first-order chi connectivity index (χ1) is 13.1. The molecule has 0 N–H and O–H groups in total. The lowest BCUT2D eigenvalue weighted by molar-refractivity contribution is 0.0732. The summed E-state index contributed by atoms with van der Waals surface area (Å²) < 4.78 is 11.3. The second-order valence-electron chi connectivity index (χ2n) is 5.44. The highest BCUT2D eigenvalue weighted by Crippen LogP contribution is 2.28. The van der Waals surface area contributed by atoms with Gasteiger partial charge in [-0.2, -0.15) is 0 Å². The molecule has 4 nitrogen and oxygen atoms in total. The summed E-state index contributed by atoms with van der Waals surface area (Å²) in [6.45, 7) is 0. The Bertz CT molecular complexity index is 993. The second-order valence-corrected chi connectivity index (χ2v) is 7.28. The predicted octanol–water partition coefficient (Wildman–Crippen LogP) is 5.63. The highest BCUT2D eigenvalue weighted by molar-refractivity contribution is 9.10. The van der Waals surface area contributed by atoms with Crippen LogP contribution in [0, 0.1) is 0 Å². The fourth-order valence-electron chi connectivity index (χ4n) is 2.33. The Morgan fingerprint density at radius 2 is 1.85 bits per heavy atom. The lowest BCUT2D eigenvalue weighted by Gasteiger charge is -2.11. The van der Waals surface area contributed by atoms with Gasteiger partial charge in [-0.15, -0.1) is 11.3 Å². The molecule has 0 unspecified atom stereocenters. The van der Waals surface area contributed by atoms with Gasteiger partial charge in [0.15, 0.2) is 5.78 Å². The van der Waals surface area contributed by atoms with Crippen molar-refractivity contribution in [1.29, 1.82) is 0 Å². The maximum Gasteiger partial charge on any atom is 0.344 e. The van der Waals surface area contributed by atoms with Gasteiger partial charge in [-0.05, 0) is 63.8 Å². The van der Waals surface area contributed by atoms with E-state index in [2.05, 4.69) is 15.9 Å². The first kappa shape index (κ1) is 19.1. The van der Waals surface area contributed by atoms with Crippen molar-refractivity contribution in [3.05, 3.63) is 86.5 Å². The largest absolute Gasteiger partial charge is 0.497 e. The van der Waals surface area contributed by atoms with Crippen LogP contribution in [0.25, 0.3) is 6.08 Å². The van der Waals surface area contributed by atoms with Crippen LogP contribution >= 0.6 is 27.3 Å². The van der Waals surface area contributed by atoms with Gasteiger partial charge in [0.25, 0.3) is 0 Å². The van der Waals surface area contributed by atoms with Crippen LogP contribution in [-0.2, 0) is 0 Å². The zero-order chi connectivity index (χ0) is 19.2. The van der Waals surface area contributed by atoms with E-state index >= 15 is 0 Å². The molecular formula is C21H15BrO4S. The van der Waals surface area contributed by atoms with Crippen LogP contribution in [0.3, 0.4) is 0 Å².